The molecule has 1 aromatic rings. The monoisotopic (exact) mass is 409 g/mol. The molecule has 1 saturated carbocycles. The van der Waals surface area contributed by atoms with E-state index in [9.17, 15) is 9.59 Å². The first-order chi connectivity index (χ1) is 13.4. The predicted octanol–water partition coefficient (Wildman–Crippen LogP) is 4.00. The lowest BCUT2D eigenvalue weighted by molar-refractivity contribution is -0.144. The van der Waals surface area contributed by atoms with Gasteiger partial charge in [-0.3, -0.25) is 4.79 Å². The molecular formula is C21H28ClNO5. The van der Waals surface area contributed by atoms with E-state index in [0.717, 1.165) is 19.3 Å². The third-order valence-electron chi connectivity index (χ3n) is 4.75. The lowest BCUT2D eigenvalue weighted by Gasteiger charge is -2.29. The summed E-state index contributed by atoms with van der Waals surface area (Å²) in [6, 6.07) is 3.54. The van der Waals surface area contributed by atoms with Crippen molar-refractivity contribution < 1.29 is 23.8 Å². The average Bonchev–Trinajstić information content (AvgIpc) is 2.67. The molecule has 0 aromatic heterocycles. The van der Waals surface area contributed by atoms with E-state index >= 15 is 0 Å². The molecular weight excluding hydrogens is 382 g/mol. The highest BCUT2D eigenvalue weighted by Gasteiger charge is 2.23. The zero-order chi connectivity index (χ0) is 20.5. The van der Waals surface area contributed by atoms with Crippen molar-refractivity contribution in [3.05, 3.63) is 28.8 Å². The standard InChI is InChI=1S/C21H28ClNO5/c1-4-27-18-12-15(11-16(22)21(18)26-3)9-10-20(25)28-13-19(24)23-17-8-6-5-7-14(17)2/h9-12,14,17H,4-8,13H2,1-3H3,(H,23,24)/b10-9+/t14-,17-/m1/s1. The highest BCUT2D eigenvalue weighted by molar-refractivity contribution is 6.32. The lowest BCUT2D eigenvalue weighted by Crippen LogP contribution is -2.42. The lowest BCUT2D eigenvalue weighted by atomic mass is 9.86. The van der Waals surface area contributed by atoms with E-state index in [-0.39, 0.29) is 18.6 Å². The Balaban J connectivity index is 1.88. The van der Waals surface area contributed by atoms with Crippen LogP contribution in [0.2, 0.25) is 5.02 Å². The summed E-state index contributed by atoms with van der Waals surface area (Å²) in [7, 11) is 1.51. The number of benzene rings is 1. The van der Waals surface area contributed by atoms with Crippen molar-refractivity contribution in [2.75, 3.05) is 20.3 Å². The number of esters is 1. The Labute approximate surface area is 171 Å². The maximum absolute atomic E-state index is 12.0. The van der Waals surface area contributed by atoms with Crippen molar-refractivity contribution in [1.29, 1.82) is 0 Å². The van der Waals surface area contributed by atoms with Gasteiger partial charge >= 0.3 is 5.97 Å². The number of ether oxygens (including phenoxy) is 3. The van der Waals surface area contributed by atoms with Gasteiger partial charge in [-0.2, -0.15) is 0 Å². The quantitative estimate of drug-likeness (QED) is 0.519. The Morgan fingerprint density at radius 1 is 1.29 bits per heavy atom. The maximum Gasteiger partial charge on any atom is 0.331 e. The van der Waals surface area contributed by atoms with Gasteiger partial charge in [0.05, 0.1) is 18.7 Å². The van der Waals surface area contributed by atoms with Gasteiger partial charge in [-0.05, 0) is 49.5 Å². The van der Waals surface area contributed by atoms with Crippen LogP contribution in [0.25, 0.3) is 6.08 Å². The molecule has 1 aromatic carbocycles. The van der Waals surface area contributed by atoms with Crippen molar-refractivity contribution in [1.82, 2.24) is 5.32 Å². The fraction of sp³-hybridized carbons (Fsp3) is 0.524. The first-order valence-corrected chi connectivity index (χ1v) is 9.97. The predicted molar refractivity (Wildman–Crippen MR) is 109 cm³/mol. The summed E-state index contributed by atoms with van der Waals surface area (Å²) in [5, 5.41) is 3.33. The Hall–Kier alpha value is -2.21. The highest BCUT2D eigenvalue weighted by atomic mass is 35.5. The molecule has 0 bridgehead atoms. The average molecular weight is 410 g/mol. The van der Waals surface area contributed by atoms with Crippen LogP contribution in [-0.2, 0) is 14.3 Å². The van der Waals surface area contributed by atoms with Crippen molar-refractivity contribution in [2.45, 2.75) is 45.6 Å². The number of hydrogen-bond donors (Lipinski definition) is 1. The van der Waals surface area contributed by atoms with E-state index in [4.69, 9.17) is 25.8 Å². The second-order valence-corrected chi connectivity index (χ2v) is 7.25. The fourth-order valence-electron chi connectivity index (χ4n) is 3.27. The molecule has 0 radical (unpaired) electrons. The largest absolute Gasteiger partial charge is 0.491 e. The van der Waals surface area contributed by atoms with Crippen LogP contribution in [0.5, 0.6) is 11.5 Å². The van der Waals surface area contributed by atoms with Crippen LogP contribution in [0.3, 0.4) is 0 Å². The van der Waals surface area contributed by atoms with Gasteiger partial charge in [-0.1, -0.05) is 31.4 Å². The number of nitrogens with one attached hydrogen (secondary N) is 1. The maximum atomic E-state index is 12.0. The minimum atomic E-state index is -0.600. The molecule has 1 aliphatic carbocycles. The number of halogens is 1. The first-order valence-electron chi connectivity index (χ1n) is 9.59. The summed E-state index contributed by atoms with van der Waals surface area (Å²) >= 11 is 6.18. The summed E-state index contributed by atoms with van der Waals surface area (Å²) in [6.07, 6.45) is 7.21. The molecule has 0 aliphatic heterocycles. The van der Waals surface area contributed by atoms with Gasteiger partial charge in [-0.15, -0.1) is 0 Å². The summed E-state index contributed by atoms with van der Waals surface area (Å²) in [6.45, 7) is 4.15. The van der Waals surface area contributed by atoms with Crippen LogP contribution in [0.4, 0.5) is 0 Å². The van der Waals surface area contributed by atoms with Crippen molar-refractivity contribution >= 4 is 29.6 Å². The van der Waals surface area contributed by atoms with Gasteiger partial charge in [-0.25, -0.2) is 4.79 Å². The van der Waals surface area contributed by atoms with E-state index < -0.39 is 5.97 Å². The molecule has 1 N–H and O–H groups in total. The molecule has 2 rings (SSSR count). The highest BCUT2D eigenvalue weighted by Crippen LogP contribution is 2.36. The van der Waals surface area contributed by atoms with Crippen LogP contribution in [-0.4, -0.2) is 38.2 Å². The third kappa shape index (κ3) is 6.44. The molecule has 1 amide bonds. The molecule has 0 heterocycles. The van der Waals surface area contributed by atoms with E-state index in [1.807, 2.05) is 6.92 Å². The van der Waals surface area contributed by atoms with Gasteiger partial charge < -0.3 is 19.5 Å². The van der Waals surface area contributed by atoms with E-state index in [1.54, 1.807) is 18.2 Å². The van der Waals surface area contributed by atoms with Crippen molar-refractivity contribution in [3.8, 4) is 11.5 Å². The minimum absolute atomic E-state index is 0.161. The Morgan fingerprint density at radius 3 is 2.71 bits per heavy atom. The smallest absolute Gasteiger partial charge is 0.331 e. The van der Waals surface area contributed by atoms with Gasteiger partial charge in [0.15, 0.2) is 18.1 Å². The second kappa shape index (κ2) is 11.0. The SMILES string of the molecule is CCOc1cc(/C=C/C(=O)OCC(=O)N[C@@H]2CCCC[C@H]2C)cc(Cl)c1OC. The molecule has 2 atom stereocenters. The number of methoxy groups -OCH3 is 1. The van der Waals surface area contributed by atoms with E-state index in [0.29, 0.717) is 34.6 Å². The van der Waals surface area contributed by atoms with Gasteiger partial charge in [0, 0.05) is 12.1 Å². The van der Waals surface area contributed by atoms with Gasteiger partial charge in [0.1, 0.15) is 0 Å². The van der Waals surface area contributed by atoms with Crippen LogP contribution in [0.15, 0.2) is 18.2 Å². The number of carbonyl (C=O) groups is 2. The molecule has 1 fully saturated rings. The zero-order valence-corrected chi connectivity index (χ0v) is 17.4. The first kappa shape index (κ1) is 22.1. The summed E-state index contributed by atoms with van der Waals surface area (Å²) < 4.78 is 15.8. The molecule has 0 saturated heterocycles. The second-order valence-electron chi connectivity index (χ2n) is 6.84. The van der Waals surface area contributed by atoms with Crippen LogP contribution < -0.4 is 14.8 Å². The summed E-state index contributed by atoms with van der Waals surface area (Å²) in [5.74, 6) is 0.513. The fourth-order valence-corrected chi connectivity index (χ4v) is 3.57. The van der Waals surface area contributed by atoms with Crippen molar-refractivity contribution in [2.24, 2.45) is 5.92 Å². The van der Waals surface area contributed by atoms with Crippen LogP contribution in [0, 0.1) is 5.92 Å². The van der Waals surface area contributed by atoms with Crippen LogP contribution in [0.1, 0.15) is 45.1 Å². The van der Waals surface area contributed by atoms with E-state index in [2.05, 4.69) is 12.2 Å². The van der Waals surface area contributed by atoms with Gasteiger partial charge in [0.25, 0.3) is 5.91 Å². The van der Waals surface area contributed by atoms with Crippen LogP contribution >= 0.6 is 11.6 Å². The molecule has 6 nitrogen and oxygen atoms in total. The molecule has 28 heavy (non-hydrogen) atoms. The number of amides is 1. The zero-order valence-electron chi connectivity index (χ0n) is 16.6. The normalized spacial score (nSPS) is 19.3. The van der Waals surface area contributed by atoms with Crippen molar-refractivity contribution in [3.63, 3.8) is 0 Å². The molecule has 154 valence electrons. The summed E-state index contributed by atoms with van der Waals surface area (Å²) in [5.41, 5.74) is 0.659. The number of rotatable bonds is 8. The number of carbonyl (C=O) groups excluding carboxylic acids is 2. The molecule has 0 spiro atoms. The van der Waals surface area contributed by atoms with Gasteiger partial charge in [0.2, 0.25) is 0 Å². The molecule has 0 unspecified atom stereocenters. The summed E-state index contributed by atoms with van der Waals surface area (Å²) in [4.78, 5) is 23.9. The molecule has 1 aliphatic rings. The Bertz CT molecular complexity index is 719. The Kier molecular flexibility index (Phi) is 8.64. The minimum Gasteiger partial charge on any atom is -0.491 e. The number of hydrogen-bond acceptors (Lipinski definition) is 5. The Morgan fingerprint density at radius 2 is 2.04 bits per heavy atom. The third-order valence-corrected chi connectivity index (χ3v) is 5.03. The van der Waals surface area contributed by atoms with E-state index in [1.165, 1.54) is 19.6 Å². The molecule has 7 heteroatoms. The topological polar surface area (TPSA) is 73.9 Å².